The van der Waals surface area contributed by atoms with E-state index in [0.717, 1.165) is 56.4 Å². The van der Waals surface area contributed by atoms with Crippen LogP contribution in [0, 0.1) is 0 Å². The molecule has 9 heteroatoms. The topological polar surface area (TPSA) is 124 Å². The molecule has 2 heterocycles. The fraction of sp³-hybridized carbons (Fsp3) is 0.450. The second kappa shape index (κ2) is 11.9. The Morgan fingerprint density at radius 3 is 2.62 bits per heavy atom. The van der Waals surface area contributed by atoms with Gasteiger partial charge in [0.05, 0.1) is 21.6 Å². The number of fused-ring (bicyclic) bond motifs is 1. The predicted molar refractivity (Wildman–Crippen MR) is 113 cm³/mol. The quantitative estimate of drug-likeness (QED) is 0.386. The van der Waals surface area contributed by atoms with Crippen LogP contribution in [0.4, 0.5) is 0 Å². The fourth-order valence-electron chi connectivity index (χ4n) is 2.91. The van der Waals surface area contributed by atoms with Gasteiger partial charge in [-0.05, 0) is 37.8 Å². The third kappa shape index (κ3) is 7.26. The Bertz CT molecular complexity index is 889. The van der Waals surface area contributed by atoms with Crippen molar-refractivity contribution < 1.29 is 14.7 Å². The van der Waals surface area contributed by atoms with Gasteiger partial charge in [0.25, 0.3) is 6.47 Å². The Labute approximate surface area is 173 Å². The molecule has 0 saturated carbocycles. The van der Waals surface area contributed by atoms with E-state index in [1.165, 1.54) is 9.71 Å². The van der Waals surface area contributed by atoms with Crippen LogP contribution in [-0.2, 0) is 35.4 Å². The summed E-state index contributed by atoms with van der Waals surface area (Å²) in [6, 6.07) is 8.26. The first-order chi connectivity index (χ1) is 14.1. The maximum absolute atomic E-state index is 11.1. The highest BCUT2D eigenvalue weighted by Crippen LogP contribution is 2.23. The third-order valence-electron chi connectivity index (χ3n) is 4.23. The van der Waals surface area contributed by atoms with E-state index in [9.17, 15) is 4.79 Å². The molecule has 8 nitrogen and oxygen atoms in total. The van der Waals surface area contributed by atoms with Crippen molar-refractivity contribution in [3.63, 3.8) is 0 Å². The Balaban J connectivity index is 0.000000941. The number of unbranched alkanes of at least 4 members (excludes halogenated alkanes) is 2. The number of aromatic nitrogens is 4. The summed E-state index contributed by atoms with van der Waals surface area (Å²) in [7, 11) is 0. The van der Waals surface area contributed by atoms with Crippen LogP contribution < -0.4 is 5.73 Å². The average molecular weight is 418 g/mol. The van der Waals surface area contributed by atoms with Gasteiger partial charge in [0.1, 0.15) is 5.82 Å². The predicted octanol–water partition coefficient (Wildman–Crippen LogP) is 2.98. The summed E-state index contributed by atoms with van der Waals surface area (Å²) >= 11 is 1.77. The zero-order chi connectivity index (χ0) is 21.1. The van der Waals surface area contributed by atoms with Crippen LogP contribution in [0.15, 0.2) is 24.3 Å². The van der Waals surface area contributed by atoms with Gasteiger partial charge in [0.2, 0.25) is 5.91 Å². The maximum Gasteiger partial charge on any atom is 0.290 e. The Morgan fingerprint density at radius 2 is 1.93 bits per heavy atom. The smallest absolute Gasteiger partial charge is 0.290 e. The highest BCUT2D eigenvalue weighted by Gasteiger charge is 2.12. The van der Waals surface area contributed by atoms with Crippen LogP contribution >= 0.6 is 11.3 Å². The van der Waals surface area contributed by atoms with Crippen molar-refractivity contribution in [1.29, 1.82) is 0 Å². The van der Waals surface area contributed by atoms with Gasteiger partial charge in [0, 0.05) is 13.0 Å². The number of primary amides is 1. The minimum Gasteiger partial charge on any atom is -0.483 e. The van der Waals surface area contributed by atoms with Gasteiger partial charge in [-0.15, -0.1) is 11.3 Å². The molecule has 0 radical (unpaired) electrons. The lowest BCUT2D eigenvalue weighted by atomic mass is 10.2. The summed E-state index contributed by atoms with van der Waals surface area (Å²) < 4.78 is 3.19. The summed E-state index contributed by atoms with van der Waals surface area (Å²) in [5, 5.41) is 12.5. The maximum atomic E-state index is 11.1. The number of para-hydroxylation sites is 1. The lowest BCUT2D eigenvalue weighted by Crippen LogP contribution is -2.14. The molecule has 156 valence electrons. The van der Waals surface area contributed by atoms with Gasteiger partial charge in [-0.3, -0.25) is 9.59 Å². The molecule has 0 unspecified atom stereocenters. The lowest BCUT2D eigenvalue weighted by Gasteiger charge is -2.04. The van der Waals surface area contributed by atoms with E-state index in [0.29, 0.717) is 5.82 Å². The van der Waals surface area contributed by atoms with Crippen molar-refractivity contribution in [2.75, 3.05) is 0 Å². The van der Waals surface area contributed by atoms with Crippen molar-refractivity contribution in [3.05, 3.63) is 40.9 Å². The van der Waals surface area contributed by atoms with Crippen molar-refractivity contribution in [2.24, 2.45) is 5.73 Å². The second-order valence-corrected chi connectivity index (χ2v) is 7.67. The monoisotopic (exact) mass is 417 g/mol. The van der Waals surface area contributed by atoms with Crippen molar-refractivity contribution in [3.8, 4) is 0 Å². The Kier molecular flexibility index (Phi) is 9.23. The molecule has 3 N–H and O–H groups in total. The summed E-state index contributed by atoms with van der Waals surface area (Å²) in [5.74, 6) is 1.11. The molecule has 0 aliphatic rings. The fourth-order valence-corrected chi connectivity index (χ4v) is 3.92. The van der Waals surface area contributed by atoms with E-state index in [4.69, 9.17) is 15.6 Å². The number of nitrogens with two attached hydrogens (primary N) is 1. The molecule has 0 aliphatic carbocycles. The molecule has 3 rings (SSSR count). The molecule has 29 heavy (non-hydrogen) atoms. The molecule has 0 spiro atoms. The zero-order valence-corrected chi connectivity index (χ0v) is 17.4. The molecule has 0 aliphatic heterocycles. The molecule has 3 aromatic rings. The number of hydrogen-bond donors (Lipinski definition) is 2. The van der Waals surface area contributed by atoms with Crippen LogP contribution in [0.2, 0.25) is 0 Å². The number of carboxylic acid groups (broad SMARTS) is 1. The highest BCUT2D eigenvalue weighted by atomic mass is 32.1. The highest BCUT2D eigenvalue weighted by molar-refractivity contribution is 7.18. The largest absolute Gasteiger partial charge is 0.483 e. The number of amides is 1. The number of carbonyl (C=O) groups is 2. The summed E-state index contributed by atoms with van der Waals surface area (Å²) in [5.41, 5.74) is 6.35. The number of benzene rings is 1. The minimum absolute atomic E-state index is 0.109. The molecule has 2 aromatic heterocycles. The molecular formula is C20H27N5O3S. The number of aryl methyl sites for hydroxylation is 3. The van der Waals surface area contributed by atoms with Crippen LogP contribution in [0.5, 0.6) is 0 Å². The number of hydrogen-bond acceptors (Lipinski definition) is 6. The Morgan fingerprint density at radius 1 is 1.21 bits per heavy atom. The number of thiazole rings is 1. The van der Waals surface area contributed by atoms with E-state index in [2.05, 4.69) is 40.2 Å². The molecule has 0 bridgehead atoms. The summed E-state index contributed by atoms with van der Waals surface area (Å²) in [6.45, 7) is 2.74. The van der Waals surface area contributed by atoms with Crippen molar-refractivity contribution in [2.45, 2.75) is 58.4 Å². The third-order valence-corrected chi connectivity index (χ3v) is 5.32. The number of nitrogens with zero attached hydrogens (tertiary/aromatic N) is 4. The molecule has 0 fully saturated rings. The molecule has 0 atom stereocenters. The van der Waals surface area contributed by atoms with E-state index < -0.39 is 0 Å². The number of rotatable bonds is 10. The van der Waals surface area contributed by atoms with E-state index >= 15 is 0 Å². The average Bonchev–Trinajstić information content (AvgIpc) is 3.26. The minimum atomic E-state index is -0.389. The van der Waals surface area contributed by atoms with Crippen LogP contribution in [-0.4, -0.2) is 37.2 Å². The second-order valence-electron chi connectivity index (χ2n) is 6.55. The molecular weight excluding hydrogens is 390 g/mol. The number of carbonyl (C=O) groups excluding carboxylic acids is 1. The van der Waals surface area contributed by atoms with E-state index in [-0.39, 0.29) is 18.8 Å². The van der Waals surface area contributed by atoms with E-state index in [1.807, 2.05) is 10.7 Å². The first-order valence-electron chi connectivity index (χ1n) is 9.70. The van der Waals surface area contributed by atoms with Gasteiger partial charge in [0.15, 0.2) is 5.82 Å². The normalized spacial score (nSPS) is 10.5. The standard InChI is InChI=1S/C19H25N5OS.CH2O2/c1-2-3-12-24-18(22-17(23-24)13-16(20)25)10-6-7-11-19-21-14-8-4-5-9-15(14)26-19;2-1-3/h4-5,8-9H,2-3,6-7,10-13H2,1H3,(H2,20,25);1H,(H,2,3). The first-order valence-corrected chi connectivity index (χ1v) is 10.5. The summed E-state index contributed by atoms with van der Waals surface area (Å²) in [4.78, 5) is 28.7. The Hall–Kier alpha value is -2.81. The van der Waals surface area contributed by atoms with Crippen LogP contribution in [0.1, 0.15) is 49.3 Å². The SMILES string of the molecule is CCCCn1nc(CC(N)=O)nc1CCCCc1nc2ccccc2s1.O=CO. The van der Waals surface area contributed by atoms with Gasteiger partial charge >= 0.3 is 0 Å². The van der Waals surface area contributed by atoms with Gasteiger partial charge < -0.3 is 10.8 Å². The van der Waals surface area contributed by atoms with E-state index in [1.54, 1.807) is 11.3 Å². The zero-order valence-electron chi connectivity index (χ0n) is 16.6. The first kappa shape index (κ1) is 22.5. The molecule has 0 saturated heterocycles. The molecule has 1 amide bonds. The van der Waals surface area contributed by atoms with Crippen molar-refractivity contribution >= 4 is 33.9 Å². The van der Waals surface area contributed by atoms with Gasteiger partial charge in [-0.1, -0.05) is 25.5 Å². The van der Waals surface area contributed by atoms with Gasteiger partial charge in [-0.25, -0.2) is 14.6 Å². The van der Waals surface area contributed by atoms with Gasteiger partial charge in [-0.2, -0.15) is 5.10 Å². The van der Waals surface area contributed by atoms with Crippen LogP contribution in [0.3, 0.4) is 0 Å². The summed E-state index contributed by atoms with van der Waals surface area (Å²) in [6.07, 6.45) is 6.19. The van der Waals surface area contributed by atoms with Crippen molar-refractivity contribution in [1.82, 2.24) is 19.7 Å². The van der Waals surface area contributed by atoms with Crippen LogP contribution in [0.25, 0.3) is 10.2 Å². The lowest BCUT2D eigenvalue weighted by molar-refractivity contribution is -0.123. The molecule has 1 aromatic carbocycles.